The zero-order chi connectivity index (χ0) is 39.4. The first kappa shape index (κ1) is 64.5. The molecule has 2 aromatic carbocycles. The monoisotopic (exact) mass is 1890 g/mol. The molecular formula is C42H55Ac5N5O8. The fraction of sp³-hybridized carbons (Fsp3) is 0.429. The van der Waals surface area contributed by atoms with E-state index in [4.69, 9.17) is 5.11 Å². The second-order valence-electron chi connectivity index (χ2n) is 13.7. The Balaban J connectivity index is 0. The Labute approximate surface area is 532 Å². The van der Waals surface area contributed by atoms with Gasteiger partial charge >= 0.3 is 0 Å². The van der Waals surface area contributed by atoms with Crippen molar-refractivity contribution in [3.05, 3.63) is 120 Å². The number of nitrogens with zero attached hydrogens (tertiary/aromatic N) is 2. The van der Waals surface area contributed by atoms with Crippen LogP contribution in [0.2, 0.25) is 0 Å². The Morgan fingerprint density at radius 3 is 1.78 bits per heavy atom. The molecular weight excluding hydrogens is 1840 g/mol. The molecule has 2 heterocycles. The number of carbonyl (C=O) groups excluding carboxylic acids is 2. The van der Waals surface area contributed by atoms with Crippen molar-refractivity contribution in [2.75, 3.05) is 23.8 Å². The summed E-state index contributed by atoms with van der Waals surface area (Å²) in [4.78, 5) is 34.5. The third kappa shape index (κ3) is 22.5. The van der Waals surface area contributed by atoms with Gasteiger partial charge in [0.25, 0.3) is 5.91 Å². The zero-order valence-electron chi connectivity index (χ0n) is 33.9. The predicted molar refractivity (Wildman–Crippen MR) is 210 cm³/mol. The fourth-order valence-corrected chi connectivity index (χ4v) is 6.47. The molecule has 0 spiro atoms. The Kier molecular flexibility index (Phi) is 40.3. The summed E-state index contributed by atoms with van der Waals surface area (Å²) >= 11 is 0. The van der Waals surface area contributed by atoms with Crippen molar-refractivity contribution in [3.8, 4) is 0 Å². The van der Waals surface area contributed by atoms with Crippen LogP contribution in [-0.2, 0) is 9.59 Å². The molecule has 0 bridgehead atoms. The average Bonchev–Trinajstić information content (AvgIpc) is 3.22. The number of aliphatic hydroxyl groups is 6. The van der Waals surface area contributed by atoms with Crippen LogP contribution in [0.5, 0.6) is 0 Å². The van der Waals surface area contributed by atoms with Crippen LogP contribution < -0.4 is 16.0 Å². The summed E-state index contributed by atoms with van der Waals surface area (Å²) in [5.41, 5.74) is 2.86. The van der Waals surface area contributed by atoms with Crippen LogP contribution in [-0.4, -0.2) is 90.0 Å². The molecule has 4 rings (SSSR count). The minimum atomic E-state index is -1.93. The summed E-state index contributed by atoms with van der Waals surface area (Å²) in [6, 6.07) is 27.8. The van der Waals surface area contributed by atoms with E-state index < -0.39 is 55.0 Å². The van der Waals surface area contributed by atoms with Crippen LogP contribution >= 0.6 is 0 Å². The number of nitrogens with one attached hydrogen (secondary N) is 3. The van der Waals surface area contributed by atoms with Crippen molar-refractivity contribution in [2.24, 2.45) is 0 Å². The van der Waals surface area contributed by atoms with E-state index in [1.165, 1.54) is 0 Å². The van der Waals surface area contributed by atoms with E-state index in [1.807, 2.05) is 91.0 Å². The van der Waals surface area contributed by atoms with E-state index >= 15 is 0 Å². The number of aromatic nitrogens is 2. The predicted octanol–water partition coefficient (Wildman–Crippen LogP) is 4.15. The van der Waals surface area contributed by atoms with Gasteiger partial charge in [0.05, 0.1) is 24.7 Å². The minimum absolute atomic E-state index is 0. The second kappa shape index (κ2) is 37.4. The van der Waals surface area contributed by atoms with Gasteiger partial charge in [0, 0.05) is 257 Å². The standard InChI is InChI=1S/C42H55N5O8.5Ac/c48-28-33(49)39(52)40(53)41(54)42(55)45-27-15-6-4-2-1-3-5-10-24-35(50)46-31-21-12-11-20-30(31)37(47-34-23-14-17-26-44-34)36(32-22-13-16-25-43-32)38(51)29-18-8-7-9-19-29;;;;;/h7-9,11-14,16-23,25-26,33,36-41,48-49,51-54H,1-6,10,15,24,27-28H2,(H,44,47)(H,45,55)(H,46,50);;;;;/t33-,36+,37-,38-,39-,40+,41-;;;;;/m1...../s1. The third-order valence-corrected chi connectivity index (χ3v) is 9.56. The van der Waals surface area contributed by atoms with Gasteiger partial charge in [-0.05, 0) is 54.3 Å². The van der Waals surface area contributed by atoms with Crippen molar-refractivity contribution in [2.45, 2.75) is 100 Å². The first-order valence-corrected chi connectivity index (χ1v) is 19.0. The molecule has 5 radical (unpaired) electrons. The van der Waals surface area contributed by atoms with Crippen molar-refractivity contribution < 1.29 is 261 Å². The fourth-order valence-electron chi connectivity index (χ4n) is 6.47. The summed E-state index contributed by atoms with van der Waals surface area (Å²) in [6.45, 7) is -0.529. The maximum absolute atomic E-state index is 13.3. The minimum Gasteiger partial charge on any atom is -0.394 e. The largest absolute Gasteiger partial charge is 0.394 e. The van der Waals surface area contributed by atoms with E-state index in [0.29, 0.717) is 30.0 Å². The SMILES string of the molecule is O=C(CCCCCCCCCCNC(=O)[C@H](O)[C@@H](O)[C@H](O)[C@H](O)CO)Nc1ccccc1[C@@H](Nc1ccccn1)[C@H](c1ccccn1)[C@H](O)c1ccccc1.[Ac].[Ac].[Ac].[Ac].[Ac]. The van der Waals surface area contributed by atoms with Gasteiger partial charge in [-0.3, -0.25) is 14.6 Å². The van der Waals surface area contributed by atoms with Crippen LogP contribution in [0.15, 0.2) is 103 Å². The summed E-state index contributed by atoms with van der Waals surface area (Å²) < 4.78 is 0. The normalized spacial score (nSPS) is 13.9. The molecule has 0 unspecified atom stereocenters. The van der Waals surface area contributed by atoms with Crippen molar-refractivity contribution in [3.63, 3.8) is 0 Å². The van der Waals surface area contributed by atoms with Gasteiger partial charge in [-0.1, -0.05) is 99.2 Å². The van der Waals surface area contributed by atoms with Gasteiger partial charge in [0.1, 0.15) is 24.1 Å². The molecule has 0 aliphatic heterocycles. The molecule has 0 aliphatic carbocycles. The Morgan fingerprint density at radius 2 is 1.18 bits per heavy atom. The number of hydrogen-bond acceptors (Lipinski definition) is 11. The van der Waals surface area contributed by atoms with Crippen LogP contribution in [0, 0.1) is 220 Å². The average molecular weight is 1890 g/mol. The number of aliphatic hydroxyl groups excluding tert-OH is 6. The molecule has 2 amide bonds. The maximum Gasteiger partial charge on any atom is 0.251 e. The van der Waals surface area contributed by atoms with Crippen molar-refractivity contribution in [1.82, 2.24) is 15.3 Å². The van der Waals surface area contributed by atoms with Crippen LogP contribution in [0.25, 0.3) is 0 Å². The van der Waals surface area contributed by atoms with Crippen LogP contribution in [0.3, 0.4) is 0 Å². The molecule has 0 aliphatic rings. The Hall–Kier alpha value is 2.45. The topological polar surface area (TPSA) is 217 Å². The molecule has 0 fully saturated rings. The molecule has 311 valence electrons. The van der Waals surface area contributed by atoms with Crippen molar-refractivity contribution in [1.29, 1.82) is 0 Å². The van der Waals surface area contributed by atoms with Crippen molar-refractivity contribution >= 4 is 23.3 Å². The Bertz CT molecular complexity index is 1710. The second-order valence-corrected chi connectivity index (χ2v) is 13.7. The third-order valence-electron chi connectivity index (χ3n) is 9.56. The Morgan fingerprint density at radius 1 is 0.617 bits per heavy atom. The van der Waals surface area contributed by atoms with E-state index in [0.717, 1.165) is 56.1 Å². The summed E-state index contributed by atoms with van der Waals surface area (Å²) in [5, 5.41) is 68.8. The van der Waals surface area contributed by atoms with Gasteiger partial charge in [0.2, 0.25) is 5.91 Å². The number of carbonyl (C=O) groups is 2. The van der Waals surface area contributed by atoms with E-state index in [2.05, 4.69) is 25.9 Å². The number of para-hydroxylation sites is 1. The molecule has 7 atom stereocenters. The zero-order valence-corrected chi connectivity index (χ0v) is 57.6. The number of hydrogen-bond donors (Lipinski definition) is 9. The van der Waals surface area contributed by atoms with Gasteiger partial charge < -0.3 is 46.6 Å². The molecule has 60 heavy (non-hydrogen) atoms. The van der Waals surface area contributed by atoms with Gasteiger partial charge in [0.15, 0.2) is 6.10 Å². The van der Waals surface area contributed by atoms with E-state index in [9.17, 15) is 35.1 Å². The van der Waals surface area contributed by atoms with Crippen LogP contribution in [0.4, 0.5) is 11.5 Å². The summed E-state index contributed by atoms with van der Waals surface area (Å²) in [5.74, 6) is -0.892. The van der Waals surface area contributed by atoms with Gasteiger partial charge in [-0.2, -0.15) is 0 Å². The number of pyridine rings is 2. The van der Waals surface area contributed by atoms with Gasteiger partial charge in [-0.25, -0.2) is 4.98 Å². The molecule has 0 saturated carbocycles. The molecule has 13 nitrogen and oxygen atoms in total. The summed E-state index contributed by atoms with van der Waals surface area (Å²) in [6.07, 6.45) is 2.55. The van der Waals surface area contributed by atoms with Crippen LogP contribution in [0.1, 0.15) is 92.7 Å². The summed E-state index contributed by atoms with van der Waals surface area (Å²) in [7, 11) is 0. The number of benzene rings is 2. The number of unbranched alkanes of at least 4 members (excludes halogenated alkanes) is 7. The first-order valence-electron chi connectivity index (χ1n) is 19.0. The first-order chi connectivity index (χ1) is 26.7. The van der Waals surface area contributed by atoms with Gasteiger partial charge in [-0.15, -0.1) is 0 Å². The van der Waals surface area contributed by atoms with E-state index in [-0.39, 0.29) is 233 Å². The molecule has 0 saturated heterocycles. The maximum atomic E-state index is 13.3. The number of rotatable bonds is 24. The number of anilines is 2. The van der Waals surface area contributed by atoms with E-state index in [1.54, 1.807) is 12.4 Å². The molecule has 9 N–H and O–H groups in total. The molecule has 4 aromatic rings. The quantitative estimate of drug-likeness (QED) is 0.0455. The smallest absolute Gasteiger partial charge is 0.251 e. The molecule has 18 heteroatoms. The number of amides is 2. The molecule has 2 aromatic heterocycles.